The summed E-state index contributed by atoms with van der Waals surface area (Å²) in [5, 5.41) is 11.4. The molecule has 19 heavy (non-hydrogen) atoms. The SMILES string of the molecule is CCCNCc1nnc(Cc2cc(C)ccc2C)o1. The van der Waals surface area contributed by atoms with E-state index in [4.69, 9.17) is 4.42 Å². The highest BCUT2D eigenvalue weighted by Crippen LogP contribution is 2.15. The topological polar surface area (TPSA) is 51.0 Å². The van der Waals surface area contributed by atoms with Gasteiger partial charge in [-0.05, 0) is 37.9 Å². The van der Waals surface area contributed by atoms with Crippen LogP contribution in [0.25, 0.3) is 0 Å². The minimum absolute atomic E-state index is 0.646. The summed E-state index contributed by atoms with van der Waals surface area (Å²) in [7, 11) is 0. The largest absolute Gasteiger partial charge is 0.424 e. The Morgan fingerprint density at radius 2 is 1.95 bits per heavy atom. The molecular formula is C15H21N3O. The van der Waals surface area contributed by atoms with Crippen LogP contribution in [0.15, 0.2) is 22.6 Å². The number of hydrogen-bond donors (Lipinski definition) is 1. The Bertz CT molecular complexity index is 534. The Kier molecular flexibility index (Phi) is 4.68. The Morgan fingerprint density at radius 3 is 2.74 bits per heavy atom. The molecule has 0 atom stereocenters. The van der Waals surface area contributed by atoms with Gasteiger partial charge in [0, 0.05) is 0 Å². The Labute approximate surface area is 114 Å². The lowest BCUT2D eigenvalue weighted by Crippen LogP contribution is -2.13. The Morgan fingerprint density at radius 1 is 1.16 bits per heavy atom. The standard InChI is InChI=1S/C15H21N3O/c1-4-7-16-10-15-18-17-14(19-15)9-13-8-11(2)5-6-12(13)3/h5-6,8,16H,4,7,9-10H2,1-3H3. The van der Waals surface area contributed by atoms with Gasteiger partial charge in [0.25, 0.3) is 0 Å². The van der Waals surface area contributed by atoms with Gasteiger partial charge in [-0.2, -0.15) is 0 Å². The number of rotatable bonds is 6. The zero-order valence-corrected chi connectivity index (χ0v) is 11.9. The highest BCUT2D eigenvalue weighted by Gasteiger charge is 2.08. The maximum atomic E-state index is 5.64. The second-order valence-electron chi connectivity index (χ2n) is 4.87. The van der Waals surface area contributed by atoms with E-state index >= 15 is 0 Å². The number of nitrogens with one attached hydrogen (secondary N) is 1. The lowest BCUT2D eigenvalue weighted by Gasteiger charge is -2.04. The van der Waals surface area contributed by atoms with Crippen LogP contribution in [0.5, 0.6) is 0 Å². The third-order valence-electron chi connectivity index (χ3n) is 3.06. The second-order valence-corrected chi connectivity index (χ2v) is 4.87. The summed E-state index contributed by atoms with van der Waals surface area (Å²) in [5.74, 6) is 1.34. The van der Waals surface area contributed by atoms with Gasteiger partial charge < -0.3 is 9.73 Å². The molecule has 0 spiro atoms. The van der Waals surface area contributed by atoms with Gasteiger partial charge >= 0.3 is 0 Å². The minimum Gasteiger partial charge on any atom is -0.424 e. The van der Waals surface area contributed by atoms with Gasteiger partial charge in [0.15, 0.2) is 0 Å². The van der Waals surface area contributed by atoms with Gasteiger partial charge in [-0.1, -0.05) is 30.7 Å². The Balaban J connectivity index is 2.01. The third kappa shape index (κ3) is 3.89. The summed E-state index contributed by atoms with van der Waals surface area (Å²) < 4.78 is 5.64. The lowest BCUT2D eigenvalue weighted by atomic mass is 10.0. The van der Waals surface area contributed by atoms with Gasteiger partial charge in [-0.15, -0.1) is 10.2 Å². The van der Waals surface area contributed by atoms with E-state index in [0.29, 0.717) is 24.7 Å². The van der Waals surface area contributed by atoms with Crippen molar-refractivity contribution in [3.63, 3.8) is 0 Å². The van der Waals surface area contributed by atoms with Crippen LogP contribution >= 0.6 is 0 Å². The molecular weight excluding hydrogens is 238 g/mol. The molecule has 102 valence electrons. The molecule has 0 unspecified atom stereocenters. The van der Waals surface area contributed by atoms with Crippen molar-refractivity contribution in [1.82, 2.24) is 15.5 Å². The summed E-state index contributed by atoms with van der Waals surface area (Å²) in [6, 6.07) is 6.42. The van der Waals surface area contributed by atoms with Gasteiger partial charge in [0.2, 0.25) is 11.8 Å². The number of hydrogen-bond acceptors (Lipinski definition) is 4. The summed E-state index contributed by atoms with van der Waals surface area (Å²) in [4.78, 5) is 0. The molecule has 0 aliphatic carbocycles. The molecule has 0 bridgehead atoms. The molecule has 0 aliphatic heterocycles. The molecule has 0 fully saturated rings. The van der Waals surface area contributed by atoms with Crippen LogP contribution in [-0.4, -0.2) is 16.7 Å². The van der Waals surface area contributed by atoms with E-state index in [-0.39, 0.29) is 0 Å². The summed E-state index contributed by atoms with van der Waals surface area (Å²) in [6.07, 6.45) is 1.80. The molecule has 1 heterocycles. The first-order chi connectivity index (χ1) is 9.19. The lowest BCUT2D eigenvalue weighted by molar-refractivity contribution is 0.439. The number of aryl methyl sites for hydroxylation is 2. The van der Waals surface area contributed by atoms with Crippen LogP contribution in [0, 0.1) is 13.8 Å². The zero-order chi connectivity index (χ0) is 13.7. The van der Waals surface area contributed by atoms with E-state index in [1.165, 1.54) is 16.7 Å². The maximum absolute atomic E-state index is 5.64. The highest BCUT2D eigenvalue weighted by atomic mass is 16.4. The fourth-order valence-corrected chi connectivity index (χ4v) is 1.96. The summed E-state index contributed by atoms with van der Waals surface area (Å²) >= 11 is 0. The molecule has 0 aliphatic rings. The summed E-state index contributed by atoms with van der Waals surface area (Å²) in [5.41, 5.74) is 3.76. The summed E-state index contributed by atoms with van der Waals surface area (Å²) in [6.45, 7) is 7.95. The average molecular weight is 259 g/mol. The first-order valence-corrected chi connectivity index (χ1v) is 6.77. The van der Waals surface area contributed by atoms with E-state index in [2.05, 4.69) is 54.5 Å². The van der Waals surface area contributed by atoms with Crippen LogP contribution in [0.1, 0.15) is 41.8 Å². The normalized spacial score (nSPS) is 10.9. The van der Waals surface area contributed by atoms with E-state index < -0.39 is 0 Å². The van der Waals surface area contributed by atoms with Crippen molar-refractivity contribution in [2.24, 2.45) is 0 Å². The van der Waals surface area contributed by atoms with E-state index in [0.717, 1.165) is 13.0 Å². The van der Waals surface area contributed by atoms with Gasteiger partial charge in [-0.25, -0.2) is 0 Å². The van der Waals surface area contributed by atoms with Crippen molar-refractivity contribution in [3.05, 3.63) is 46.7 Å². The second kappa shape index (κ2) is 6.48. The number of nitrogens with zero attached hydrogens (tertiary/aromatic N) is 2. The molecule has 0 amide bonds. The first-order valence-electron chi connectivity index (χ1n) is 6.77. The fourth-order valence-electron chi connectivity index (χ4n) is 1.96. The number of aromatic nitrogens is 2. The molecule has 2 aromatic rings. The van der Waals surface area contributed by atoms with Gasteiger partial charge in [0.05, 0.1) is 13.0 Å². The molecule has 4 heteroatoms. The maximum Gasteiger partial charge on any atom is 0.230 e. The smallest absolute Gasteiger partial charge is 0.230 e. The van der Waals surface area contributed by atoms with Gasteiger partial charge in [0.1, 0.15) is 0 Å². The molecule has 1 N–H and O–H groups in total. The monoisotopic (exact) mass is 259 g/mol. The Hall–Kier alpha value is -1.68. The third-order valence-corrected chi connectivity index (χ3v) is 3.06. The van der Waals surface area contributed by atoms with E-state index in [1.54, 1.807) is 0 Å². The van der Waals surface area contributed by atoms with Crippen molar-refractivity contribution in [3.8, 4) is 0 Å². The minimum atomic E-state index is 0.646. The molecule has 0 saturated heterocycles. The van der Waals surface area contributed by atoms with E-state index in [1.807, 2.05) is 0 Å². The molecule has 0 saturated carbocycles. The predicted octanol–water partition coefficient (Wildman–Crippen LogP) is 2.78. The van der Waals surface area contributed by atoms with Crippen molar-refractivity contribution >= 4 is 0 Å². The zero-order valence-electron chi connectivity index (χ0n) is 11.9. The number of benzene rings is 1. The van der Waals surface area contributed by atoms with E-state index in [9.17, 15) is 0 Å². The molecule has 0 radical (unpaired) electrons. The van der Waals surface area contributed by atoms with Crippen LogP contribution in [0.4, 0.5) is 0 Å². The quantitative estimate of drug-likeness (QED) is 0.810. The molecule has 1 aromatic carbocycles. The van der Waals surface area contributed by atoms with Crippen molar-refractivity contribution in [1.29, 1.82) is 0 Å². The van der Waals surface area contributed by atoms with Crippen LogP contribution in [0.3, 0.4) is 0 Å². The molecule has 1 aromatic heterocycles. The van der Waals surface area contributed by atoms with Crippen LogP contribution in [0.2, 0.25) is 0 Å². The van der Waals surface area contributed by atoms with Crippen molar-refractivity contribution < 1.29 is 4.42 Å². The molecule has 4 nitrogen and oxygen atoms in total. The predicted molar refractivity (Wildman–Crippen MR) is 75.0 cm³/mol. The van der Waals surface area contributed by atoms with Crippen molar-refractivity contribution in [2.75, 3.05) is 6.54 Å². The van der Waals surface area contributed by atoms with Crippen LogP contribution in [-0.2, 0) is 13.0 Å². The molecule has 2 rings (SSSR count). The highest BCUT2D eigenvalue weighted by molar-refractivity contribution is 5.32. The van der Waals surface area contributed by atoms with Crippen molar-refractivity contribution in [2.45, 2.75) is 40.2 Å². The fraction of sp³-hybridized carbons (Fsp3) is 0.467. The van der Waals surface area contributed by atoms with Crippen LogP contribution < -0.4 is 5.32 Å². The average Bonchev–Trinajstić information content (AvgIpc) is 2.82. The first kappa shape index (κ1) is 13.7. The van der Waals surface area contributed by atoms with Gasteiger partial charge in [-0.3, -0.25) is 0 Å².